The smallest absolute Gasteiger partial charge is 0.134 e. The maximum absolute atomic E-state index is 9.24. The number of aliphatic hydroxyl groups excluding tert-OH is 1. The van der Waals surface area contributed by atoms with Crippen molar-refractivity contribution >= 4 is 11.6 Å². The van der Waals surface area contributed by atoms with Gasteiger partial charge in [-0.15, -0.1) is 0 Å². The van der Waals surface area contributed by atoms with Crippen molar-refractivity contribution in [2.24, 2.45) is 0 Å². The van der Waals surface area contributed by atoms with Crippen LogP contribution in [0.5, 0.6) is 0 Å². The average Bonchev–Trinajstić information content (AvgIpc) is 2.49. The Labute approximate surface area is 127 Å². The number of aliphatic hydroxyl groups is 1. The summed E-state index contributed by atoms with van der Waals surface area (Å²) in [4.78, 5) is 11.2. The summed E-state index contributed by atoms with van der Waals surface area (Å²) in [5.74, 6) is 2.54. The molecular weight excluding hydrogens is 268 g/mol. The zero-order valence-electron chi connectivity index (χ0n) is 13.4. The quantitative estimate of drug-likeness (QED) is 0.647. The van der Waals surface area contributed by atoms with Gasteiger partial charge >= 0.3 is 0 Å². The van der Waals surface area contributed by atoms with Gasteiger partial charge in [0, 0.05) is 39.2 Å². The molecule has 21 heavy (non-hydrogen) atoms. The number of nitrogens with zero attached hydrogens (tertiary/aromatic N) is 3. The molecule has 0 fully saturated rings. The van der Waals surface area contributed by atoms with E-state index in [1.165, 1.54) is 0 Å². The van der Waals surface area contributed by atoms with E-state index in [0.29, 0.717) is 19.7 Å². The SMILES string of the molecule is CCCNc1cc(N(CCO)CCOC)nc(CCC)n1. The number of anilines is 2. The molecular formula is C15H28N4O2. The number of nitrogens with one attached hydrogen (secondary N) is 1. The number of ether oxygens (including phenoxy) is 1. The minimum atomic E-state index is 0.0918. The Morgan fingerprint density at radius 3 is 2.67 bits per heavy atom. The van der Waals surface area contributed by atoms with Crippen molar-refractivity contribution in [3.05, 3.63) is 11.9 Å². The maximum Gasteiger partial charge on any atom is 0.134 e. The number of rotatable bonds is 11. The third kappa shape index (κ3) is 6.27. The van der Waals surface area contributed by atoms with Crippen LogP contribution in [0.4, 0.5) is 11.6 Å². The molecule has 120 valence electrons. The first-order valence-corrected chi connectivity index (χ1v) is 7.71. The van der Waals surface area contributed by atoms with Crippen LogP contribution in [0.15, 0.2) is 6.07 Å². The van der Waals surface area contributed by atoms with Crippen molar-refractivity contribution in [3.63, 3.8) is 0 Å². The lowest BCUT2D eigenvalue weighted by Crippen LogP contribution is -2.31. The van der Waals surface area contributed by atoms with Gasteiger partial charge in [0.25, 0.3) is 0 Å². The highest BCUT2D eigenvalue weighted by atomic mass is 16.5. The first-order chi connectivity index (χ1) is 10.2. The lowest BCUT2D eigenvalue weighted by atomic mass is 10.3. The van der Waals surface area contributed by atoms with Gasteiger partial charge in [-0.25, -0.2) is 9.97 Å². The summed E-state index contributed by atoms with van der Waals surface area (Å²) < 4.78 is 5.13. The Bertz CT molecular complexity index is 401. The number of hydrogen-bond acceptors (Lipinski definition) is 6. The van der Waals surface area contributed by atoms with Gasteiger partial charge < -0.3 is 20.1 Å². The molecule has 1 heterocycles. The van der Waals surface area contributed by atoms with E-state index >= 15 is 0 Å². The first-order valence-electron chi connectivity index (χ1n) is 7.71. The van der Waals surface area contributed by atoms with Crippen LogP contribution in [0.1, 0.15) is 32.5 Å². The molecule has 0 aliphatic rings. The molecule has 6 nitrogen and oxygen atoms in total. The van der Waals surface area contributed by atoms with Gasteiger partial charge in [-0.3, -0.25) is 0 Å². The highest BCUT2D eigenvalue weighted by Crippen LogP contribution is 2.17. The van der Waals surface area contributed by atoms with E-state index < -0.39 is 0 Å². The van der Waals surface area contributed by atoms with Crippen molar-refractivity contribution in [2.75, 3.05) is 50.2 Å². The molecule has 0 radical (unpaired) electrons. The van der Waals surface area contributed by atoms with Crippen LogP contribution in [0.25, 0.3) is 0 Å². The Hall–Kier alpha value is -1.40. The highest BCUT2D eigenvalue weighted by Gasteiger charge is 2.11. The lowest BCUT2D eigenvalue weighted by Gasteiger charge is -2.23. The van der Waals surface area contributed by atoms with Crippen LogP contribution >= 0.6 is 0 Å². The second kappa shape index (κ2) is 10.3. The monoisotopic (exact) mass is 296 g/mol. The Balaban J connectivity index is 2.96. The highest BCUT2D eigenvalue weighted by molar-refractivity contribution is 5.49. The van der Waals surface area contributed by atoms with Crippen molar-refractivity contribution in [1.29, 1.82) is 0 Å². The van der Waals surface area contributed by atoms with Crippen LogP contribution in [0, 0.1) is 0 Å². The molecule has 1 aromatic heterocycles. The molecule has 2 N–H and O–H groups in total. The summed E-state index contributed by atoms with van der Waals surface area (Å²) >= 11 is 0. The van der Waals surface area contributed by atoms with Gasteiger partial charge in [0.1, 0.15) is 17.5 Å². The van der Waals surface area contributed by atoms with Gasteiger partial charge in [-0.1, -0.05) is 13.8 Å². The topological polar surface area (TPSA) is 70.5 Å². The molecule has 0 aromatic carbocycles. The van der Waals surface area contributed by atoms with Gasteiger partial charge in [-0.05, 0) is 12.8 Å². The molecule has 0 aliphatic heterocycles. The zero-order chi connectivity index (χ0) is 15.5. The van der Waals surface area contributed by atoms with E-state index in [1.807, 2.05) is 11.0 Å². The molecule has 0 bridgehead atoms. The maximum atomic E-state index is 9.24. The molecule has 6 heteroatoms. The largest absolute Gasteiger partial charge is 0.395 e. The van der Waals surface area contributed by atoms with E-state index in [9.17, 15) is 5.11 Å². The Morgan fingerprint density at radius 2 is 2.05 bits per heavy atom. The second-order valence-electron chi connectivity index (χ2n) is 4.91. The summed E-state index contributed by atoms with van der Waals surface area (Å²) in [6.45, 7) is 7.07. The predicted molar refractivity (Wildman–Crippen MR) is 86.0 cm³/mol. The molecule has 1 rings (SSSR count). The van der Waals surface area contributed by atoms with E-state index in [4.69, 9.17) is 4.74 Å². The fourth-order valence-electron chi connectivity index (χ4n) is 1.99. The second-order valence-corrected chi connectivity index (χ2v) is 4.91. The Kier molecular flexibility index (Phi) is 8.69. The normalized spacial score (nSPS) is 10.7. The van der Waals surface area contributed by atoms with Gasteiger partial charge in [0.15, 0.2) is 0 Å². The Morgan fingerprint density at radius 1 is 1.24 bits per heavy atom. The van der Waals surface area contributed by atoms with Crippen molar-refractivity contribution in [1.82, 2.24) is 9.97 Å². The third-order valence-corrected chi connectivity index (χ3v) is 3.05. The molecule has 0 atom stereocenters. The van der Waals surface area contributed by atoms with Gasteiger partial charge in [0.2, 0.25) is 0 Å². The van der Waals surface area contributed by atoms with Crippen LogP contribution in [-0.2, 0) is 11.2 Å². The first kappa shape index (κ1) is 17.7. The van der Waals surface area contributed by atoms with Gasteiger partial charge in [0.05, 0.1) is 13.2 Å². The molecule has 1 aromatic rings. The van der Waals surface area contributed by atoms with Crippen LogP contribution in [0.2, 0.25) is 0 Å². The predicted octanol–water partition coefficient (Wildman–Crippen LogP) is 1.70. The minimum Gasteiger partial charge on any atom is -0.395 e. The fraction of sp³-hybridized carbons (Fsp3) is 0.733. The summed E-state index contributed by atoms with van der Waals surface area (Å²) in [5.41, 5.74) is 0. The van der Waals surface area contributed by atoms with E-state index in [1.54, 1.807) is 7.11 Å². The molecule has 0 aliphatic carbocycles. The molecule has 0 saturated carbocycles. The van der Waals surface area contributed by atoms with Crippen LogP contribution < -0.4 is 10.2 Å². The summed E-state index contributed by atoms with van der Waals surface area (Å²) in [7, 11) is 1.67. The molecule has 0 unspecified atom stereocenters. The number of aryl methyl sites for hydroxylation is 1. The van der Waals surface area contributed by atoms with Crippen LogP contribution in [0.3, 0.4) is 0 Å². The summed E-state index contributed by atoms with van der Waals surface area (Å²) in [6, 6.07) is 1.94. The van der Waals surface area contributed by atoms with Crippen molar-refractivity contribution in [3.8, 4) is 0 Å². The van der Waals surface area contributed by atoms with Crippen LogP contribution in [-0.4, -0.2) is 55.0 Å². The van der Waals surface area contributed by atoms with Crippen molar-refractivity contribution in [2.45, 2.75) is 33.1 Å². The number of hydrogen-bond donors (Lipinski definition) is 2. The van der Waals surface area contributed by atoms with E-state index in [2.05, 4.69) is 29.1 Å². The fourth-order valence-corrected chi connectivity index (χ4v) is 1.99. The van der Waals surface area contributed by atoms with Gasteiger partial charge in [-0.2, -0.15) is 0 Å². The number of methoxy groups -OCH3 is 1. The summed E-state index contributed by atoms with van der Waals surface area (Å²) in [5, 5.41) is 12.6. The third-order valence-electron chi connectivity index (χ3n) is 3.05. The zero-order valence-corrected chi connectivity index (χ0v) is 13.4. The van der Waals surface area contributed by atoms with E-state index in [-0.39, 0.29) is 6.61 Å². The number of aromatic nitrogens is 2. The minimum absolute atomic E-state index is 0.0918. The molecule has 0 spiro atoms. The lowest BCUT2D eigenvalue weighted by molar-refractivity contribution is 0.202. The molecule has 0 amide bonds. The van der Waals surface area contributed by atoms with Crippen molar-refractivity contribution < 1.29 is 9.84 Å². The van der Waals surface area contributed by atoms with E-state index in [0.717, 1.165) is 43.3 Å². The standard InChI is InChI=1S/C15H28N4O2/c1-4-6-13-17-14(16-7-5-2)12-15(18-13)19(8-10-20)9-11-21-3/h12,20H,4-11H2,1-3H3,(H,16,17,18). The molecule has 0 saturated heterocycles. The summed E-state index contributed by atoms with van der Waals surface area (Å²) in [6.07, 6.45) is 2.91. The average molecular weight is 296 g/mol.